The highest BCUT2D eigenvalue weighted by Crippen LogP contribution is 2.14. The van der Waals surface area contributed by atoms with Crippen LogP contribution >= 0.6 is 24.0 Å². The van der Waals surface area contributed by atoms with E-state index in [-0.39, 0.29) is 42.0 Å². The van der Waals surface area contributed by atoms with Gasteiger partial charge in [0.1, 0.15) is 5.82 Å². The summed E-state index contributed by atoms with van der Waals surface area (Å²) in [5.74, 6) is 0.00945. The largest absolute Gasteiger partial charge is 0.378 e. The molecule has 0 bridgehead atoms. The van der Waals surface area contributed by atoms with Crippen molar-refractivity contribution in [2.24, 2.45) is 10.7 Å². The van der Waals surface area contributed by atoms with Gasteiger partial charge < -0.3 is 15.4 Å². The Morgan fingerprint density at radius 2 is 1.83 bits per heavy atom. The highest BCUT2D eigenvalue weighted by molar-refractivity contribution is 14.0. The number of guanidine groups is 1. The van der Waals surface area contributed by atoms with Crippen molar-refractivity contribution in [3.8, 4) is 0 Å². The summed E-state index contributed by atoms with van der Waals surface area (Å²) in [5.41, 5.74) is 7.27. The van der Waals surface area contributed by atoms with Gasteiger partial charge in [-0.15, -0.1) is 24.0 Å². The number of aliphatic imine (C=N–C) groups is 1. The molecule has 1 aliphatic rings. The molecule has 7 nitrogen and oxygen atoms in total. The average Bonchev–Trinajstić information content (AvgIpc) is 2.71. The second-order valence-corrected chi connectivity index (χ2v) is 8.14. The van der Waals surface area contributed by atoms with Crippen molar-refractivity contribution >= 4 is 40.0 Å². The summed E-state index contributed by atoms with van der Waals surface area (Å²) >= 11 is 0. The third-order valence-corrected chi connectivity index (χ3v) is 5.72. The van der Waals surface area contributed by atoms with E-state index in [1.165, 1.54) is 24.3 Å². The van der Waals surface area contributed by atoms with Crippen molar-refractivity contribution in [3.63, 3.8) is 0 Å². The Morgan fingerprint density at radius 1 is 1.14 bits per heavy atom. The maximum Gasteiger partial charge on any atom is 0.240 e. The lowest BCUT2D eigenvalue weighted by Crippen LogP contribution is -2.44. The van der Waals surface area contributed by atoms with Crippen LogP contribution in [0.3, 0.4) is 0 Å². The van der Waals surface area contributed by atoms with Gasteiger partial charge >= 0.3 is 0 Å². The second kappa shape index (κ2) is 10.9. The topological polar surface area (TPSA) is 97.0 Å². The minimum atomic E-state index is -3.73. The highest BCUT2D eigenvalue weighted by atomic mass is 127. The molecule has 1 heterocycles. The van der Waals surface area contributed by atoms with Gasteiger partial charge in [0, 0.05) is 19.6 Å². The second-order valence-electron chi connectivity index (χ2n) is 6.38. The van der Waals surface area contributed by atoms with Crippen LogP contribution in [0.5, 0.6) is 0 Å². The van der Waals surface area contributed by atoms with Crippen molar-refractivity contribution in [1.29, 1.82) is 0 Å². The van der Waals surface area contributed by atoms with E-state index in [2.05, 4.69) is 9.71 Å². The van der Waals surface area contributed by atoms with Gasteiger partial charge in [0.05, 0.1) is 24.7 Å². The molecule has 1 fully saturated rings. The van der Waals surface area contributed by atoms with Crippen LogP contribution in [0, 0.1) is 5.82 Å². The van der Waals surface area contributed by atoms with Gasteiger partial charge in [-0.05, 0) is 35.4 Å². The quantitative estimate of drug-likeness (QED) is 0.336. The molecule has 0 radical (unpaired) electrons. The molecule has 0 unspecified atom stereocenters. The summed E-state index contributed by atoms with van der Waals surface area (Å²) in [5, 5.41) is 0. The maximum atomic E-state index is 13.2. The molecule has 0 amide bonds. The SMILES string of the molecule is I.NC(=NCc1cccc(S(=O)(=O)NCc2cccc(F)c2)c1)N1CCOCC1. The van der Waals surface area contributed by atoms with Crippen molar-refractivity contribution in [2.75, 3.05) is 26.3 Å². The summed E-state index contributed by atoms with van der Waals surface area (Å²) in [6.45, 7) is 2.88. The third-order valence-electron chi connectivity index (χ3n) is 4.32. The Labute approximate surface area is 187 Å². The predicted molar refractivity (Wildman–Crippen MR) is 120 cm³/mol. The number of nitrogens with two attached hydrogens (primary N) is 1. The molecule has 2 aromatic carbocycles. The first kappa shape index (κ1) is 23.5. The summed E-state index contributed by atoms with van der Waals surface area (Å²) in [4.78, 5) is 6.41. The lowest BCUT2D eigenvalue weighted by atomic mass is 10.2. The van der Waals surface area contributed by atoms with Crippen molar-refractivity contribution < 1.29 is 17.5 Å². The fourth-order valence-electron chi connectivity index (χ4n) is 2.78. The molecule has 2 aromatic rings. The number of ether oxygens (including phenoxy) is 1. The van der Waals surface area contributed by atoms with Crippen LogP contribution in [0.4, 0.5) is 4.39 Å². The standard InChI is InChI=1S/C19H23FN4O3S.HI/c20-17-5-1-3-15(11-17)14-23-28(25,26)18-6-2-4-16(12-18)13-22-19(21)24-7-9-27-10-8-24;/h1-6,11-12,23H,7-10,13-14H2,(H2,21,22);1H. The smallest absolute Gasteiger partial charge is 0.240 e. The van der Waals surface area contributed by atoms with Crippen LogP contribution in [-0.4, -0.2) is 45.6 Å². The van der Waals surface area contributed by atoms with Crippen molar-refractivity contribution in [2.45, 2.75) is 18.0 Å². The van der Waals surface area contributed by atoms with E-state index in [0.717, 1.165) is 5.56 Å². The van der Waals surface area contributed by atoms with Gasteiger partial charge in [0.25, 0.3) is 0 Å². The Balaban J connectivity index is 0.00000300. The third kappa shape index (κ3) is 6.91. The van der Waals surface area contributed by atoms with Gasteiger partial charge in [-0.3, -0.25) is 0 Å². The van der Waals surface area contributed by atoms with Gasteiger partial charge in [-0.25, -0.2) is 22.5 Å². The number of rotatable bonds is 6. The zero-order chi connectivity index (χ0) is 20.0. The molecule has 3 N–H and O–H groups in total. The molecule has 0 atom stereocenters. The number of nitrogens with zero attached hydrogens (tertiary/aromatic N) is 2. The van der Waals surface area contributed by atoms with Crippen LogP contribution in [0.2, 0.25) is 0 Å². The number of benzene rings is 2. The molecule has 10 heteroatoms. The molecule has 158 valence electrons. The normalized spacial score (nSPS) is 15.1. The lowest BCUT2D eigenvalue weighted by molar-refractivity contribution is 0.0674. The first-order valence-electron chi connectivity index (χ1n) is 8.90. The maximum absolute atomic E-state index is 13.2. The molecule has 0 saturated carbocycles. The lowest BCUT2D eigenvalue weighted by Gasteiger charge is -2.27. The number of nitrogens with one attached hydrogen (secondary N) is 1. The minimum Gasteiger partial charge on any atom is -0.378 e. The van der Waals surface area contributed by atoms with E-state index >= 15 is 0 Å². The number of halogens is 2. The first-order chi connectivity index (χ1) is 13.4. The van der Waals surface area contributed by atoms with Gasteiger partial charge in [-0.1, -0.05) is 24.3 Å². The fraction of sp³-hybridized carbons (Fsp3) is 0.316. The zero-order valence-electron chi connectivity index (χ0n) is 15.8. The Kier molecular flexibility index (Phi) is 8.80. The molecule has 29 heavy (non-hydrogen) atoms. The van der Waals surface area contributed by atoms with Crippen LogP contribution in [0.15, 0.2) is 58.4 Å². The summed E-state index contributed by atoms with van der Waals surface area (Å²) in [6, 6.07) is 12.3. The van der Waals surface area contributed by atoms with E-state index in [1.54, 1.807) is 24.3 Å². The number of hydrogen-bond donors (Lipinski definition) is 2. The monoisotopic (exact) mass is 534 g/mol. The summed E-state index contributed by atoms with van der Waals surface area (Å²) in [7, 11) is -3.73. The minimum absolute atomic E-state index is 0. The van der Waals surface area contributed by atoms with Gasteiger partial charge in [0.2, 0.25) is 10.0 Å². The van der Waals surface area contributed by atoms with Crippen LogP contribution in [0.25, 0.3) is 0 Å². The van der Waals surface area contributed by atoms with Gasteiger partial charge in [0.15, 0.2) is 5.96 Å². The molecule has 0 aliphatic carbocycles. The molecule has 3 rings (SSSR count). The van der Waals surface area contributed by atoms with Crippen LogP contribution < -0.4 is 10.5 Å². The van der Waals surface area contributed by atoms with E-state index in [1.807, 2.05) is 4.90 Å². The number of morpholine rings is 1. The summed E-state index contributed by atoms with van der Waals surface area (Å²) in [6.07, 6.45) is 0. The number of hydrogen-bond acceptors (Lipinski definition) is 4. The highest BCUT2D eigenvalue weighted by Gasteiger charge is 2.15. The van der Waals surface area contributed by atoms with E-state index in [9.17, 15) is 12.8 Å². The molecule has 0 spiro atoms. The number of sulfonamides is 1. The van der Waals surface area contributed by atoms with E-state index in [0.29, 0.717) is 37.8 Å². The Bertz CT molecular complexity index is 950. The molecule has 0 aromatic heterocycles. The predicted octanol–water partition coefficient (Wildman–Crippen LogP) is 2.07. The average molecular weight is 534 g/mol. The van der Waals surface area contributed by atoms with Crippen LogP contribution in [0.1, 0.15) is 11.1 Å². The van der Waals surface area contributed by atoms with Crippen molar-refractivity contribution in [3.05, 3.63) is 65.5 Å². The Morgan fingerprint density at radius 3 is 2.55 bits per heavy atom. The van der Waals surface area contributed by atoms with E-state index < -0.39 is 15.8 Å². The summed E-state index contributed by atoms with van der Waals surface area (Å²) < 4.78 is 46.1. The Hall–Kier alpha value is -1.76. The van der Waals surface area contributed by atoms with Crippen LogP contribution in [-0.2, 0) is 27.8 Å². The molecular formula is C19H24FIN4O3S. The fourth-order valence-corrected chi connectivity index (χ4v) is 3.87. The molecular weight excluding hydrogens is 510 g/mol. The van der Waals surface area contributed by atoms with E-state index in [4.69, 9.17) is 10.5 Å². The van der Waals surface area contributed by atoms with Crippen molar-refractivity contribution in [1.82, 2.24) is 9.62 Å². The zero-order valence-corrected chi connectivity index (χ0v) is 18.9. The van der Waals surface area contributed by atoms with Gasteiger partial charge in [-0.2, -0.15) is 0 Å². The molecule has 1 aliphatic heterocycles. The first-order valence-corrected chi connectivity index (χ1v) is 10.4. The molecule has 1 saturated heterocycles.